The summed E-state index contributed by atoms with van der Waals surface area (Å²) in [4.78, 5) is 0. The predicted molar refractivity (Wildman–Crippen MR) is 72.9 cm³/mol. The maximum atomic E-state index is 10.2. The molecule has 3 unspecified atom stereocenters. The quantitative estimate of drug-likeness (QED) is 0.616. The van der Waals surface area contributed by atoms with Crippen LogP contribution in [0.1, 0.15) is 77.6 Å². The van der Waals surface area contributed by atoms with E-state index in [1.165, 1.54) is 64.2 Å². The Morgan fingerprint density at radius 2 is 1.53 bits per heavy atom. The van der Waals surface area contributed by atoms with Crippen molar-refractivity contribution < 1.29 is 5.11 Å². The molecule has 2 aliphatic rings. The smallest absolute Gasteiger partial charge is 0.0573 e. The van der Waals surface area contributed by atoms with Gasteiger partial charge in [-0.1, -0.05) is 58.3 Å². The normalized spacial score (nSPS) is 33.2. The summed E-state index contributed by atoms with van der Waals surface area (Å²) in [5.41, 5.74) is 0. The molecule has 0 aliphatic heterocycles. The van der Waals surface area contributed by atoms with Crippen molar-refractivity contribution in [2.45, 2.75) is 83.7 Å². The van der Waals surface area contributed by atoms with Gasteiger partial charge in [0, 0.05) is 0 Å². The Balaban J connectivity index is 1.51. The predicted octanol–water partition coefficient (Wildman–Crippen LogP) is 4.53. The van der Waals surface area contributed by atoms with Crippen LogP contribution in [-0.4, -0.2) is 11.2 Å². The highest BCUT2D eigenvalue weighted by Crippen LogP contribution is 2.57. The average molecular weight is 238 g/mol. The molecule has 0 saturated heterocycles. The molecule has 0 spiro atoms. The van der Waals surface area contributed by atoms with Crippen LogP contribution in [0.3, 0.4) is 0 Å². The molecule has 1 nitrogen and oxygen atoms in total. The summed E-state index contributed by atoms with van der Waals surface area (Å²) in [6, 6.07) is 0. The summed E-state index contributed by atoms with van der Waals surface area (Å²) in [6.45, 7) is 2.26. The standard InChI is InChI=1S/C16H30O/c1-2-3-4-5-6-7-12-15(17)16-13-10-8-9-11-14(13)16/h13-17H,2-12H2,1H3. The van der Waals surface area contributed by atoms with Crippen molar-refractivity contribution in [2.24, 2.45) is 17.8 Å². The summed E-state index contributed by atoms with van der Waals surface area (Å²) in [5, 5.41) is 10.2. The molecule has 1 N–H and O–H groups in total. The fourth-order valence-electron chi connectivity index (χ4n) is 3.94. The molecule has 0 heterocycles. The van der Waals surface area contributed by atoms with Crippen LogP contribution in [0.15, 0.2) is 0 Å². The van der Waals surface area contributed by atoms with Crippen LogP contribution in [0, 0.1) is 17.8 Å². The number of rotatable bonds is 8. The molecule has 0 bridgehead atoms. The van der Waals surface area contributed by atoms with Crippen molar-refractivity contribution in [3.63, 3.8) is 0 Å². The summed E-state index contributed by atoms with van der Waals surface area (Å²) < 4.78 is 0. The molecular weight excluding hydrogens is 208 g/mol. The summed E-state index contributed by atoms with van der Waals surface area (Å²) in [7, 11) is 0. The average Bonchev–Trinajstić information content (AvgIpc) is 3.07. The van der Waals surface area contributed by atoms with Crippen molar-refractivity contribution in [1.29, 1.82) is 0 Å². The van der Waals surface area contributed by atoms with Gasteiger partial charge in [-0.15, -0.1) is 0 Å². The molecule has 1 heteroatoms. The van der Waals surface area contributed by atoms with E-state index < -0.39 is 0 Å². The van der Waals surface area contributed by atoms with Gasteiger partial charge in [-0.25, -0.2) is 0 Å². The number of fused-ring (bicyclic) bond motifs is 1. The third kappa shape index (κ3) is 3.71. The fourth-order valence-corrected chi connectivity index (χ4v) is 3.94. The largest absolute Gasteiger partial charge is 0.393 e. The van der Waals surface area contributed by atoms with Gasteiger partial charge in [0.15, 0.2) is 0 Å². The second-order valence-corrected chi connectivity index (χ2v) is 6.31. The monoisotopic (exact) mass is 238 g/mol. The van der Waals surface area contributed by atoms with E-state index in [0.29, 0.717) is 5.92 Å². The Morgan fingerprint density at radius 1 is 0.941 bits per heavy atom. The molecule has 0 amide bonds. The second kappa shape index (κ2) is 6.78. The van der Waals surface area contributed by atoms with E-state index >= 15 is 0 Å². The zero-order chi connectivity index (χ0) is 12.1. The van der Waals surface area contributed by atoms with Crippen LogP contribution in [0.25, 0.3) is 0 Å². The van der Waals surface area contributed by atoms with Crippen molar-refractivity contribution in [3.05, 3.63) is 0 Å². The lowest BCUT2D eigenvalue weighted by Gasteiger charge is -2.09. The van der Waals surface area contributed by atoms with Gasteiger partial charge < -0.3 is 5.11 Å². The number of hydrogen-bond donors (Lipinski definition) is 1. The molecule has 0 radical (unpaired) electrons. The van der Waals surface area contributed by atoms with Gasteiger partial charge in [0.05, 0.1) is 6.10 Å². The van der Waals surface area contributed by atoms with Gasteiger partial charge in [0.25, 0.3) is 0 Å². The first kappa shape index (κ1) is 13.4. The highest BCUT2D eigenvalue weighted by molar-refractivity contribution is 5.02. The zero-order valence-corrected chi connectivity index (χ0v) is 11.5. The minimum absolute atomic E-state index is 0.0364. The third-order valence-corrected chi connectivity index (χ3v) is 5.02. The first-order chi connectivity index (χ1) is 8.34. The van der Waals surface area contributed by atoms with E-state index in [-0.39, 0.29) is 6.10 Å². The molecule has 2 saturated carbocycles. The lowest BCUT2D eigenvalue weighted by Crippen LogP contribution is -2.11. The van der Waals surface area contributed by atoms with Crippen LogP contribution < -0.4 is 0 Å². The van der Waals surface area contributed by atoms with Crippen molar-refractivity contribution >= 4 is 0 Å². The van der Waals surface area contributed by atoms with Crippen LogP contribution in [-0.2, 0) is 0 Å². The summed E-state index contributed by atoms with van der Waals surface area (Å²) >= 11 is 0. The highest BCUT2D eigenvalue weighted by atomic mass is 16.3. The lowest BCUT2D eigenvalue weighted by atomic mass is 10.0. The van der Waals surface area contributed by atoms with Crippen molar-refractivity contribution in [3.8, 4) is 0 Å². The van der Waals surface area contributed by atoms with E-state index in [1.54, 1.807) is 0 Å². The maximum absolute atomic E-state index is 10.2. The van der Waals surface area contributed by atoms with Crippen LogP contribution in [0.4, 0.5) is 0 Å². The van der Waals surface area contributed by atoms with Gasteiger partial charge in [-0.05, 0) is 37.0 Å². The molecule has 0 aromatic heterocycles. The molecule has 3 atom stereocenters. The summed E-state index contributed by atoms with van der Waals surface area (Å²) in [5.74, 6) is 2.53. The van der Waals surface area contributed by atoms with E-state index in [4.69, 9.17) is 0 Å². The second-order valence-electron chi connectivity index (χ2n) is 6.31. The number of hydrogen-bond acceptors (Lipinski definition) is 1. The van der Waals surface area contributed by atoms with Crippen LogP contribution in [0.2, 0.25) is 0 Å². The van der Waals surface area contributed by atoms with Crippen LogP contribution in [0.5, 0.6) is 0 Å². The SMILES string of the molecule is CCCCCCCCC(O)C1C2CCCCC21. The number of aliphatic hydroxyl groups is 1. The molecular formula is C16H30O. The number of unbranched alkanes of at least 4 members (excludes halogenated alkanes) is 5. The Kier molecular flexibility index (Phi) is 5.34. The molecule has 17 heavy (non-hydrogen) atoms. The van der Waals surface area contributed by atoms with E-state index in [2.05, 4.69) is 6.92 Å². The third-order valence-electron chi connectivity index (χ3n) is 5.02. The van der Waals surface area contributed by atoms with Crippen molar-refractivity contribution in [2.75, 3.05) is 0 Å². The van der Waals surface area contributed by atoms with E-state index in [0.717, 1.165) is 18.3 Å². The van der Waals surface area contributed by atoms with E-state index in [1.807, 2.05) is 0 Å². The Labute approximate surface area is 107 Å². The van der Waals surface area contributed by atoms with Crippen LogP contribution >= 0.6 is 0 Å². The Hall–Kier alpha value is -0.0400. The maximum Gasteiger partial charge on any atom is 0.0573 e. The highest BCUT2D eigenvalue weighted by Gasteiger charge is 2.53. The molecule has 2 fully saturated rings. The van der Waals surface area contributed by atoms with Gasteiger partial charge in [0.2, 0.25) is 0 Å². The first-order valence-electron chi connectivity index (χ1n) is 8.02. The lowest BCUT2D eigenvalue weighted by molar-refractivity contribution is 0.127. The van der Waals surface area contributed by atoms with Gasteiger partial charge in [0.1, 0.15) is 0 Å². The minimum atomic E-state index is 0.0364. The summed E-state index contributed by atoms with van der Waals surface area (Å²) in [6.07, 6.45) is 14.8. The molecule has 0 aromatic rings. The zero-order valence-electron chi connectivity index (χ0n) is 11.5. The number of aliphatic hydroxyl groups excluding tert-OH is 1. The Bertz CT molecular complexity index is 202. The van der Waals surface area contributed by atoms with Gasteiger partial charge in [-0.2, -0.15) is 0 Å². The molecule has 0 aromatic carbocycles. The minimum Gasteiger partial charge on any atom is -0.393 e. The molecule has 100 valence electrons. The fraction of sp³-hybridized carbons (Fsp3) is 1.00. The first-order valence-corrected chi connectivity index (χ1v) is 8.02. The molecule has 2 aliphatic carbocycles. The van der Waals surface area contributed by atoms with Gasteiger partial charge >= 0.3 is 0 Å². The van der Waals surface area contributed by atoms with Crippen molar-refractivity contribution in [1.82, 2.24) is 0 Å². The van der Waals surface area contributed by atoms with E-state index in [9.17, 15) is 5.11 Å². The topological polar surface area (TPSA) is 20.2 Å². The molecule has 2 rings (SSSR count). The Morgan fingerprint density at radius 3 is 2.18 bits per heavy atom. The van der Waals surface area contributed by atoms with Gasteiger partial charge in [-0.3, -0.25) is 0 Å².